The molecule has 2 aliphatic rings. The molecule has 0 spiro atoms. The fraction of sp³-hybridized carbons (Fsp3) is 0.308. The van der Waals surface area contributed by atoms with E-state index in [-0.39, 0.29) is 23.6 Å². The van der Waals surface area contributed by atoms with Crippen LogP contribution in [-0.4, -0.2) is 83.0 Å². The van der Waals surface area contributed by atoms with E-state index in [9.17, 15) is 33.5 Å². The smallest absolute Gasteiger partial charge is 0.417 e. The maximum atomic E-state index is 13.5. The Labute approximate surface area is 261 Å². The van der Waals surface area contributed by atoms with Crippen molar-refractivity contribution in [2.75, 3.05) is 19.0 Å². The van der Waals surface area contributed by atoms with Crippen molar-refractivity contribution >= 4 is 75.2 Å². The van der Waals surface area contributed by atoms with Gasteiger partial charge in [0.05, 0.1) is 15.7 Å². The second-order valence-electron chi connectivity index (χ2n) is 9.23. The number of imide groups is 1. The number of nitro groups is 1. The second-order valence-corrected chi connectivity index (χ2v) is 13.3. The number of esters is 1. The summed E-state index contributed by atoms with van der Waals surface area (Å²) >= 11 is 17.0. The summed E-state index contributed by atoms with van der Waals surface area (Å²) in [6, 6.07) is 10.4. The van der Waals surface area contributed by atoms with Gasteiger partial charge in [-0.2, -0.15) is 0 Å². The molecule has 2 aromatic carbocycles. The second kappa shape index (κ2) is 13.3. The van der Waals surface area contributed by atoms with E-state index >= 15 is 0 Å². The highest BCUT2D eigenvalue weighted by Crippen LogP contribution is 2.38. The number of alkyl halides is 3. The fourth-order valence-electron chi connectivity index (χ4n) is 4.34. The topological polar surface area (TPSA) is 163 Å². The van der Waals surface area contributed by atoms with E-state index in [4.69, 9.17) is 49.0 Å². The van der Waals surface area contributed by atoms with Crippen molar-refractivity contribution in [3.8, 4) is 5.75 Å². The average molecular weight is 675 g/mol. The number of fused-ring (bicyclic) bond motifs is 1. The number of amides is 3. The Balaban J connectivity index is 1.53. The first-order chi connectivity index (χ1) is 20.3. The number of ether oxygens (including phenoxy) is 3. The molecular weight excluding hydrogens is 653 g/mol. The van der Waals surface area contributed by atoms with E-state index in [2.05, 4.69) is 6.58 Å². The van der Waals surface area contributed by atoms with E-state index in [0.29, 0.717) is 16.2 Å². The fourth-order valence-corrected chi connectivity index (χ4v) is 6.20. The van der Waals surface area contributed by atoms with Crippen molar-refractivity contribution in [3.05, 3.63) is 82.4 Å². The van der Waals surface area contributed by atoms with Gasteiger partial charge in [-0.3, -0.25) is 23.9 Å². The monoisotopic (exact) mass is 673 g/mol. The molecule has 2 aromatic rings. The molecule has 3 unspecified atom stereocenters. The molecule has 0 radical (unpaired) electrons. The zero-order valence-electron chi connectivity index (χ0n) is 21.9. The Morgan fingerprint density at radius 3 is 2.35 bits per heavy atom. The van der Waals surface area contributed by atoms with Crippen LogP contribution in [0, 0.1) is 10.1 Å². The zero-order valence-corrected chi connectivity index (χ0v) is 25.0. The molecule has 2 heterocycles. The van der Waals surface area contributed by atoms with Crippen molar-refractivity contribution in [3.63, 3.8) is 0 Å². The molecule has 43 heavy (non-hydrogen) atoms. The number of non-ortho nitro benzene ring substituents is 1. The highest BCUT2D eigenvalue weighted by Gasteiger charge is 2.63. The third-order valence-electron chi connectivity index (χ3n) is 6.27. The maximum Gasteiger partial charge on any atom is 0.417 e. The number of hydrogen-bond donors (Lipinski definition) is 0. The van der Waals surface area contributed by atoms with Gasteiger partial charge in [0, 0.05) is 17.9 Å². The number of nitro benzene ring substituents is 1. The van der Waals surface area contributed by atoms with Crippen molar-refractivity contribution < 1.29 is 42.5 Å². The molecule has 13 nitrogen and oxygen atoms in total. The van der Waals surface area contributed by atoms with Crippen LogP contribution in [0.1, 0.15) is 5.56 Å². The Bertz CT molecular complexity index is 1470. The molecule has 3 amide bonds. The highest BCUT2D eigenvalue weighted by atomic mass is 35.6. The molecule has 0 saturated carbocycles. The Kier molecular flexibility index (Phi) is 9.95. The molecule has 2 fully saturated rings. The zero-order chi connectivity index (χ0) is 31.5. The SMILES string of the molecule is C=C1CS(=O)[C@@H]2C(N(C(=O)COc3ccccc3)C(=O)OCC(Cl)(Cl)Cl)C(=O)N2C1C(=O)OCc1ccc([N+](=O)[O-])cc1. The lowest BCUT2D eigenvalue weighted by Crippen LogP contribution is -2.78. The predicted octanol–water partition coefficient (Wildman–Crippen LogP) is 3.28. The maximum absolute atomic E-state index is 13.5. The van der Waals surface area contributed by atoms with Crippen LogP contribution in [0.4, 0.5) is 10.5 Å². The highest BCUT2D eigenvalue weighted by molar-refractivity contribution is 7.86. The number of β-lactam (4-membered cyclic amide) rings is 1. The van der Waals surface area contributed by atoms with Crippen molar-refractivity contribution in [2.45, 2.75) is 27.9 Å². The van der Waals surface area contributed by atoms with Crippen molar-refractivity contribution in [1.82, 2.24) is 9.80 Å². The molecule has 4 atom stereocenters. The van der Waals surface area contributed by atoms with Crippen LogP contribution < -0.4 is 4.74 Å². The first kappa shape index (κ1) is 32.2. The molecule has 0 aliphatic carbocycles. The van der Waals surface area contributed by atoms with E-state index in [0.717, 1.165) is 4.90 Å². The van der Waals surface area contributed by atoms with Crippen LogP contribution in [-0.2, 0) is 41.3 Å². The first-order valence-corrected chi connectivity index (χ1v) is 14.8. The van der Waals surface area contributed by atoms with Gasteiger partial charge in [0.15, 0.2) is 18.7 Å². The third kappa shape index (κ3) is 7.44. The summed E-state index contributed by atoms with van der Waals surface area (Å²) in [5.41, 5.74) is 0.387. The molecule has 0 aromatic heterocycles. The van der Waals surface area contributed by atoms with Crippen LogP contribution in [0.15, 0.2) is 66.7 Å². The van der Waals surface area contributed by atoms with Crippen LogP contribution >= 0.6 is 34.8 Å². The average Bonchev–Trinajstić information content (AvgIpc) is 2.96. The summed E-state index contributed by atoms with van der Waals surface area (Å²) in [6.07, 6.45) is -1.36. The summed E-state index contributed by atoms with van der Waals surface area (Å²) in [6.45, 7) is 2.00. The van der Waals surface area contributed by atoms with E-state index in [1.165, 1.54) is 24.3 Å². The standard InChI is InChI=1S/C26H22Cl3N3O10S/c1-15-13-43(39)23-21(22(34)31(23)20(15)24(35)41-11-16-7-9-17(10-8-16)32(37)38)30(25(36)42-14-26(27,28)29)19(33)12-40-18-5-3-2-4-6-18/h2-10,20-21,23H,1,11-14H2/t20?,21?,23-,43?/m1/s1. The third-order valence-corrected chi connectivity index (χ3v) is 8.28. The minimum Gasteiger partial charge on any atom is -0.484 e. The van der Waals surface area contributed by atoms with Gasteiger partial charge < -0.3 is 19.1 Å². The minimum absolute atomic E-state index is 0.110. The largest absolute Gasteiger partial charge is 0.484 e. The number of rotatable bonds is 9. The number of carbonyl (C=O) groups is 4. The Hall–Kier alpha value is -3.72. The van der Waals surface area contributed by atoms with E-state index in [1.54, 1.807) is 30.3 Å². The summed E-state index contributed by atoms with van der Waals surface area (Å²) in [5, 5.41) is 9.55. The van der Waals surface area contributed by atoms with Gasteiger partial charge in [0.1, 0.15) is 24.3 Å². The summed E-state index contributed by atoms with van der Waals surface area (Å²) in [4.78, 5) is 64.5. The normalized spacial score (nSPS) is 21.2. The molecule has 2 aliphatic heterocycles. The quantitative estimate of drug-likeness (QED) is 0.0964. The van der Waals surface area contributed by atoms with Gasteiger partial charge in [-0.1, -0.05) is 59.6 Å². The minimum atomic E-state index is -2.04. The van der Waals surface area contributed by atoms with Crippen LogP contribution in [0.5, 0.6) is 5.75 Å². The lowest BCUT2D eigenvalue weighted by molar-refractivity contribution is -0.384. The van der Waals surface area contributed by atoms with E-state index < -0.39 is 74.1 Å². The predicted molar refractivity (Wildman–Crippen MR) is 154 cm³/mol. The molecule has 4 rings (SSSR count). The van der Waals surface area contributed by atoms with Gasteiger partial charge in [-0.05, 0) is 35.4 Å². The van der Waals surface area contributed by atoms with Gasteiger partial charge in [0.25, 0.3) is 17.5 Å². The van der Waals surface area contributed by atoms with Gasteiger partial charge >= 0.3 is 12.1 Å². The lowest BCUT2D eigenvalue weighted by Gasteiger charge is -2.54. The summed E-state index contributed by atoms with van der Waals surface area (Å²) < 4.78 is 26.9. The molecule has 2 saturated heterocycles. The van der Waals surface area contributed by atoms with Crippen molar-refractivity contribution in [2.24, 2.45) is 0 Å². The van der Waals surface area contributed by atoms with Gasteiger partial charge in [-0.15, -0.1) is 0 Å². The number of halogens is 3. The van der Waals surface area contributed by atoms with Crippen LogP contribution in [0.2, 0.25) is 0 Å². The van der Waals surface area contributed by atoms with Gasteiger partial charge in [-0.25, -0.2) is 14.5 Å². The molecular formula is C26H22Cl3N3O10S. The Morgan fingerprint density at radius 1 is 1.09 bits per heavy atom. The Morgan fingerprint density at radius 2 is 1.74 bits per heavy atom. The lowest BCUT2D eigenvalue weighted by atomic mass is 9.97. The van der Waals surface area contributed by atoms with E-state index in [1.807, 2.05) is 0 Å². The summed E-state index contributed by atoms with van der Waals surface area (Å²) in [7, 11) is -1.89. The molecule has 0 bridgehead atoms. The summed E-state index contributed by atoms with van der Waals surface area (Å²) in [5.74, 6) is -2.79. The number of hydrogen-bond acceptors (Lipinski definition) is 10. The number of carbonyl (C=O) groups excluding carboxylic acids is 4. The first-order valence-electron chi connectivity index (χ1n) is 12.3. The number of para-hydroxylation sites is 1. The van der Waals surface area contributed by atoms with Crippen LogP contribution in [0.3, 0.4) is 0 Å². The van der Waals surface area contributed by atoms with Crippen molar-refractivity contribution in [1.29, 1.82) is 0 Å². The number of benzene rings is 2. The molecule has 0 N–H and O–H groups in total. The molecule has 17 heteroatoms. The molecule has 228 valence electrons. The van der Waals surface area contributed by atoms with Crippen LogP contribution in [0.25, 0.3) is 0 Å². The van der Waals surface area contributed by atoms with Gasteiger partial charge in [0.2, 0.25) is 3.79 Å². The number of nitrogens with zero attached hydrogens (tertiary/aromatic N) is 3.